The average Bonchev–Trinajstić information content (AvgIpc) is 3.27. The number of hydrogen-bond acceptors (Lipinski definition) is 5. The molecule has 0 aromatic heterocycles. The number of nitrogens with one attached hydrogen (secondary N) is 1. The van der Waals surface area contributed by atoms with Crippen molar-refractivity contribution in [3.05, 3.63) is 53.6 Å². The molecule has 2 aliphatic rings. The van der Waals surface area contributed by atoms with Gasteiger partial charge in [-0.1, -0.05) is 19.1 Å². The predicted octanol–water partition coefficient (Wildman–Crippen LogP) is 5.72. The van der Waals surface area contributed by atoms with Gasteiger partial charge in [-0.05, 0) is 67.1 Å². The molecule has 5 heteroatoms. The lowest BCUT2D eigenvalue weighted by Crippen LogP contribution is -2.29. The maximum atomic E-state index is 6.08. The second kappa shape index (κ2) is 8.50. The van der Waals surface area contributed by atoms with Crippen LogP contribution >= 0.6 is 0 Å². The Bertz CT molecular complexity index is 914. The third-order valence-corrected chi connectivity index (χ3v) is 6.29. The highest BCUT2D eigenvalue weighted by Crippen LogP contribution is 2.52. The van der Waals surface area contributed by atoms with Gasteiger partial charge in [-0.3, -0.25) is 0 Å². The molecule has 30 heavy (non-hydrogen) atoms. The SMILES string of the molecule is CCC(C)Oc1ccc2c(c1)C1C=CCC1C(c1cc(OC)c(OC)c(OC)c1)N2. The number of methoxy groups -OCH3 is 3. The van der Waals surface area contributed by atoms with Crippen molar-refractivity contribution in [2.45, 2.75) is 44.8 Å². The molecule has 4 rings (SSSR count). The highest BCUT2D eigenvalue weighted by atomic mass is 16.5. The van der Waals surface area contributed by atoms with E-state index < -0.39 is 0 Å². The lowest BCUT2D eigenvalue weighted by Gasteiger charge is -2.38. The summed E-state index contributed by atoms with van der Waals surface area (Å²) in [6.07, 6.45) is 6.85. The van der Waals surface area contributed by atoms with E-state index in [4.69, 9.17) is 18.9 Å². The molecule has 2 aromatic rings. The van der Waals surface area contributed by atoms with E-state index >= 15 is 0 Å². The van der Waals surface area contributed by atoms with Crippen LogP contribution in [0.25, 0.3) is 0 Å². The predicted molar refractivity (Wildman–Crippen MR) is 119 cm³/mol. The molecule has 2 aromatic carbocycles. The van der Waals surface area contributed by atoms with Crippen molar-refractivity contribution in [3.8, 4) is 23.0 Å². The molecule has 0 fully saturated rings. The first-order valence-corrected chi connectivity index (χ1v) is 10.6. The third-order valence-electron chi connectivity index (χ3n) is 6.29. The van der Waals surface area contributed by atoms with Crippen molar-refractivity contribution in [2.75, 3.05) is 26.6 Å². The monoisotopic (exact) mass is 409 g/mol. The summed E-state index contributed by atoms with van der Waals surface area (Å²) in [5.74, 6) is 3.69. The maximum absolute atomic E-state index is 6.08. The van der Waals surface area contributed by atoms with E-state index in [-0.39, 0.29) is 12.1 Å². The van der Waals surface area contributed by atoms with E-state index in [1.807, 2.05) is 0 Å². The molecule has 0 radical (unpaired) electrons. The van der Waals surface area contributed by atoms with Gasteiger partial charge in [0.15, 0.2) is 11.5 Å². The van der Waals surface area contributed by atoms with Gasteiger partial charge < -0.3 is 24.3 Å². The fourth-order valence-corrected chi connectivity index (χ4v) is 4.57. The van der Waals surface area contributed by atoms with Gasteiger partial charge in [0, 0.05) is 11.6 Å². The van der Waals surface area contributed by atoms with Gasteiger partial charge in [-0.2, -0.15) is 0 Å². The number of anilines is 1. The molecular formula is C25H31NO4. The summed E-state index contributed by atoms with van der Waals surface area (Å²) in [7, 11) is 4.94. The van der Waals surface area contributed by atoms with Crippen LogP contribution in [-0.2, 0) is 0 Å². The lowest BCUT2D eigenvalue weighted by atomic mass is 9.77. The number of allylic oxidation sites excluding steroid dienone is 2. The molecule has 5 nitrogen and oxygen atoms in total. The molecule has 160 valence electrons. The van der Waals surface area contributed by atoms with Crippen molar-refractivity contribution in [3.63, 3.8) is 0 Å². The summed E-state index contributed by atoms with van der Waals surface area (Å²) in [4.78, 5) is 0. The summed E-state index contributed by atoms with van der Waals surface area (Å²) in [6.45, 7) is 4.25. The maximum Gasteiger partial charge on any atom is 0.203 e. The molecule has 1 N–H and O–H groups in total. The minimum atomic E-state index is 0.146. The Morgan fingerprint density at radius 2 is 1.77 bits per heavy atom. The highest BCUT2D eigenvalue weighted by molar-refractivity contribution is 5.63. The van der Waals surface area contributed by atoms with Gasteiger partial charge in [0.05, 0.1) is 33.5 Å². The number of hydrogen-bond donors (Lipinski definition) is 1. The number of rotatable bonds is 7. The van der Waals surface area contributed by atoms with Crippen LogP contribution < -0.4 is 24.3 Å². The highest BCUT2D eigenvalue weighted by Gasteiger charge is 2.38. The van der Waals surface area contributed by atoms with Gasteiger partial charge in [0.25, 0.3) is 0 Å². The van der Waals surface area contributed by atoms with Crippen LogP contribution in [0.4, 0.5) is 5.69 Å². The van der Waals surface area contributed by atoms with Crippen molar-refractivity contribution < 1.29 is 18.9 Å². The van der Waals surface area contributed by atoms with E-state index in [0.717, 1.165) is 29.8 Å². The lowest BCUT2D eigenvalue weighted by molar-refractivity contribution is 0.217. The molecule has 0 spiro atoms. The van der Waals surface area contributed by atoms with Crippen LogP contribution in [-0.4, -0.2) is 27.4 Å². The first-order valence-electron chi connectivity index (χ1n) is 10.6. The number of ether oxygens (including phenoxy) is 4. The zero-order valence-corrected chi connectivity index (χ0v) is 18.4. The Morgan fingerprint density at radius 3 is 2.40 bits per heavy atom. The topological polar surface area (TPSA) is 49.0 Å². The van der Waals surface area contributed by atoms with Crippen molar-refractivity contribution in [2.24, 2.45) is 5.92 Å². The first kappa shape index (κ1) is 20.5. The van der Waals surface area contributed by atoms with E-state index in [2.05, 4.69) is 61.6 Å². The van der Waals surface area contributed by atoms with Crippen LogP contribution in [0.2, 0.25) is 0 Å². The number of benzene rings is 2. The molecule has 4 atom stereocenters. The van der Waals surface area contributed by atoms with Crippen LogP contribution in [0.5, 0.6) is 23.0 Å². The van der Waals surface area contributed by atoms with E-state index in [9.17, 15) is 0 Å². The first-order chi connectivity index (χ1) is 14.6. The average molecular weight is 410 g/mol. The Labute approximate surface area is 179 Å². The Hall–Kier alpha value is -2.82. The Kier molecular flexibility index (Phi) is 5.80. The molecular weight excluding hydrogens is 378 g/mol. The molecule has 0 amide bonds. The Balaban J connectivity index is 1.72. The quantitative estimate of drug-likeness (QED) is 0.593. The van der Waals surface area contributed by atoms with E-state index in [0.29, 0.717) is 29.1 Å². The Morgan fingerprint density at radius 1 is 1.03 bits per heavy atom. The van der Waals surface area contributed by atoms with Crippen LogP contribution in [0.15, 0.2) is 42.5 Å². The summed E-state index contributed by atoms with van der Waals surface area (Å²) < 4.78 is 22.8. The smallest absolute Gasteiger partial charge is 0.203 e. The summed E-state index contributed by atoms with van der Waals surface area (Å²) in [6, 6.07) is 10.7. The van der Waals surface area contributed by atoms with Crippen LogP contribution in [0.3, 0.4) is 0 Å². The largest absolute Gasteiger partial charge is 0.493 e. The molecule has 1 heterocycles. The second-order valence-corrected chi connectivity index (χ2v) is 8.02. The standard InChI is InChI=1S/C25H31NO4/c1-6-15(2)30-17-10-11-21-20(14-17)18-8-7-9-19(18)24(26-21)16-12-22(27-3)25(29-5)23(13-16)28-4/h7-8,10-15,18-19,24,26H,6,9H2,1-5H3. The molecule has 0 saturated heterocycles. The van der Waals surface area contributed by atoms with Gasteiger partial charge in [-0.25, -0.2) is 0 Å². The summed E-state index contributed by atoms with van der Waals surface area (Å²) in [5, 5.41) is 3.77. The van der Waals surface area contributed by atoms with Gasteiger partial charge >= 0.3 is 0 Å². The molecule has 0 bridgehead atoms. The van der Waals surface area contributed by atoms with E-state index in [1.165, 1.54) is 5.56 Å². The molecule has 1 aliphatic heterocycles. The normalized spacial score (nSPS) is 22.5. The zero-order chi connectivity index (χ0) is 21.3. The van der Waals surface area contributed by atoms with Gasteiger partial charge in [-0.15, -0.1) is 0 Å². The third kappa shape index (κ3) is 3.57. The van der Waals surface area contributed by atoms with Crippen molar-refractivity contribution >= 4 is 5.69 Å². The van der Waals surface area contributed by atoms with Crippen molar-refractivity contribution in [1.29, 1.82) is 0 Å². The van der Waals surface area contributed by atoms with Crippen LogP contribution in [0.1, 0.15) is 49.8 Å². The minimum absolute atomic E-state index is 0.146. The second-order valence-electron chi connectivity index (χ2n) is 8.02. The minimum Gasteiger partial charge on any atom is -0.493 e. The molecule has 4 unspecified atom stereocenters. The zero-order valence-electron chi connectivity index (χ0n) is 18.4. The summed E-state index contributed by atoms with van der Waals surface area (Å²) in [5.41, 5.74) is 3.59. The van der Waals surface area contributed by atoms with E-state index in [1.54, 1.807) is 21.3 Å². The fourth-order valence-electron chi connectivity index (χ4n) is 4.57. The number of fused-ring (bicyclic) bond motifs is 3. The fraction of sp³-hybridized carbons (Fsp3) is 0.440. The molecule has 1 aliphatic carbocycles. The summed E-state index contributed by atoms with van der Waals surface area (Å²) >= 11 is 0. The van der Waals surface area contributed by atoms with Gasteiger partial charge in [0.2, 0.25) is 5.75 Å². The van der Waals surface area contributed by atoms with Gasteiger partial charge in [0.1, 0.15) is 5.75 Å². The van der Waals surface area contributed by atoms with Crippen molar-refractivity contribution in [1.82, 2.24) is 0 Å². The molecule has 0 saturated carbocycles. The van der Waals surface area contributed by atoms with Crippen LogP contribution in [0, 0.1) is 5.92 Å².